The zero-order valence-corrected chi connectivity index (χ0v) is 14.1. The van der Waals surface area contributed by atoms with Crippen LogP contribution in [0, 0.1) is 5.41 Å². The summed E-state index contributed by atoms with van der Waals surface area (Å²) in [6.07, 6.45) is 0. The van der Waals surface area contributed by atoms with Crippen molar-refractivity contribution in [3.05, 3.63) is 35.9 Å². The molecule has 23 heavy (non-hydrogen) atoms. The number of carbonyl (C=O) groups is 2. The summed E-state index contributed by atoms with van der Waals surface area (Å²) < 4.78 is 10.8. The predicted octanol–water partition coefficient (Wildman–Crippen LogP) is 1.84. The summed E-state index contributed by atoms with van der Waals surface area (Å²) in [5.41, 5.74) is -1.65. The minimum absolute atomic E-state index is 0.0773. The lowest BCUT2D eigenvalue weighted by Crippen LogP contribution is -2.52. The highest BCUT2D eigenvalue weighted by atomic mass is 16.6. The van der Waals surface area contributed by atoms with Crippen LogP contribution in [0.5, 0.6) is 0 Å². The standard InChI is InChI=1S/C17H25NO5/c1-16(2,3)23-15(21)17(11-18-4,14(19)20)12-22-10-13-8-6-5-7-9-13/h5-9,18H,10-12H2,1-4H3,(H,19,20)/t17-/m0/s1. The molecule has 1 rings (SSSR count). The summed E-state index contributed by atoms with van der Waals surface area (Å²) >= 11 is 0. The fraction of sp³-hybridized carbons (Fsp3) is 0.529. The number of carboxylic acids is 1. The van der Waals surface area contributed by atoms with Crippen molar-refractivity contribution in [3.63, 3.8) is 0 Å². The van der Waals surface area contributed by atoms with Crippen LogP contribution in [0.4, 0.5) is 0 Å². The van der Waals surface area contributed by atoms with E-state index >= 15 is 0 Å². The first-order valence-corrected chi connectivity index (χ1v) is 7.44. The van der Waals surface area contributed by atoms with Gasteiger partial charge in [0, 0.05) is 6.54 Å². The van der Waals surface area contributed by atoms with Gasteiger partial charge in [0.2, 0.25) is 0 Å². The topological polar surface area (TPSA) is 84.9 Å². The second-order valence-corrected chi connectivity index (χ2v) is 6.40. The molecule has 0 radical (unpaired) electrons. The molecule has 1 aromatic carbocycles. The predicted molar refractivity (Wildman–Crippen MR) is 85.9 cm³/mol. The third-order valence-corrected chi connectivity index (χ3v) is 3.14. The van der Waals surface area contributed by atoms with E-state index in [0.29, 0.717) is 0 Å². The summed E-state index contributed by atoms with van der Waals surface area (Å²) in [6.45, 7) is 4.96. The quantitative estimate of drug-likeness (QED) is 0.561. The van der Waals surface area contributed by atoms with E-state index in [1.54, 1.807) is 27.8 Å². The summed E-state index contributed by atoms with van der Waals surface area (Å²) in [5.74, 6) is -2.07. The van der Waals surface area contributed by atoms with Gasteiger partial charge < -0.3 is 19.9 Å². The Labute approximate surface area is 136 Å². The third kappa shape index (κ3) is 5.65. The molecule has 0 spiro atoms. The number of rotatable bonds is 8. The van der Waals surface area contributed by atoms with Gasteiger partial charge in [-0.2, -0.15) is 0 Å². The zero-order valence-electron chi connectivity index (χ0n) is 14.1. The summed E-state index contributed by atoms with van der Waals surface area (Å²) in [4.78, 5) is 24.2. The van der Waals surface area contributed by atoms with Crippen LogP contribution in [0.15, 0.2) is 30.3 Å². The molecule has 0 aliphatic rings. The first-order valence-electron chi connectivity index (χ1n) is 7.44. The average molecular weight is 323 g/mol. The van der Waals surface area contributed by atoms with E-state index in [2.05, 4.69) is 5.32 Å². The van der Waals surface area contributed by atoms with Crippen LogP contribution in [0.25, 0.3) is 0 Å². The number of carbonyl (C=O) groups excluding carboxylic acids is 1. The number of hydrogen-bond acceptors (Lipinski definition) is 5. The number of carboxylic acid groups (broad SMARTS) is 1. The smallest absolute Gasteiger partial charge is 0.327 e. The molecule has 6 heteroatoms. The van der Waals surface area contributed by atoms with E-state index in [-0.39, 0.29) is 19.8 Å². The highest BCUT2D eigenvalue weighted by Crippen LogP contribution is 2.24. The largest absolute Gasteiger partial charge is 0.480 e. The van der Waals surface area contributed by atoms with E-state index in [0.717, 1.165) is 5.56 Å². The Morgan fingerprint density at radius 2 is 1.78 bits per heavy atom. The number of esters is 1. The summed E-state index contributed by atoms with van der Waals surface area (Å²) in [5, 5.41) is 12.3. The SMILES string of the molecule is CNC[C@](COCc1ccccc1)(C(=O)O)C(=O)OC(C)(C)C. The van der Waals surface area contributed by atoms with Crippen LogP contribution in [0.2, 0.25) is 0 Å². The van der Waals surface area contributed by atoms with Gasteiger partial charge in [-0.15, -0.1) is 0 Å². The maximum Gasteiger partial charge on any atom is 0.327 e. The van der Waals surface area contributed by atoms with E-state index in [1.165, 1.54) is 0 Å². The fourth-order valence-corrected chi connectivity index (χ4v) is 2.00. The lowest BCUT2D eigenvalue weighted by Gasteiger charge is -2.30. The van der Waals surface area contributed by atoms with Gasteiger partial charge in [-0.1, -0.05) is 30.3 Å². The summed E-state index contributed by atoms with van der Waals surface area (Å²) in [6, 6.07) is 9.35. The second-order valence-electron chi connectivity index (χ2n) is 6.40. The molecule has 0 fully saturated rings. The Bertz CT molecular complexity index is 524. The maximum atomic E-state index is 12.4. The zero-order chi connectivity index (χ0) is 17.5. The molecule has 128 valence electrons. The Balaban J connectivity index is 2.86. The van der Waals surface area contributed by atoms with Gasteiger partial charge in [-0.05, 0) is 33.4 Å². The van der Waals surface area contributed by atoms with Crippen molar-refractivity contribution < 1.29 is 24.2 Å². The average Bonchev–Trinajstić information content (AvgIpc) is 2.45. The highest BCUT2D eigenvalue weighted by Gasteiger charge is 2.49. The third-order valence-electron chi connectivity index (χ3n) is 3.14. The molecular formula is C17H25NO5. The van der Waals surface area contributed by atoms with Crippen LogP contribution in [0.1, 0.15) is 26.3 Å². The van der Waals surface area contributed by atoms with Gasteiger partial charge in [0.05, 0.1) is 13.2 Å². The van der Waals surface area contributed by atoms with Crippen molar-refractivity contribution in [2.75, 3.05) is 20.2 Å². The van der Waals surface area contributed by atoms with Crippen molar-refractivity contribution in [1.82, 2.24) is 5.32 Å². The van der Waals surface area contributed by atoms with Crippen LogP contribution >= 0.6 is 0 Å². The second kappa shape index (κ2) is 8.08. The van der Waals surface area contributed by atoms with E-state index in [9.17, 15) is 14.7 Å². The molecule has 2 N–H and O–H groups in total. The van der Waals surface area contributed by atoms with E-state index in [1.807, 2.05) is 30.3 Å². The Morgan fingerprint density at radius 3 is 2.26 bits per heavy atom. The fourth-order valence-electron chi connectivity index (χ4n) is 2.00. The van der Waals surface area contributed by atoms with Gasteiger partial charge in [0.25, 0.3) is 0 Å². The molecule has 6 nitrogen and oxygen atoms in total. The van der Waals surface area contributed by atoms with Crippen LogP contribution in [-0.2, 0) is 25.7 Å². The molecule has 0 aliphatic heterocycles. The number of ether oxygens (including phenoxy) is 2. The molecule has 0 saturated carbocycles. The van der Waals surface area contributed by atoms with Gasteiger partial charge >= 0.3 is 11.9 Å². The Kier molecular flexibility index (Phi) is 6.72. The minimum Gasteiger partial charge on any atom is -0.480 e. The Morgan fingerprint density at radius 1 is 1.17 bits per heavy atom. The number of benzene rings is 1. The molecule has 0 heterocycles. The molecule has 1 atom stereocenters. The first kappa shape index (κ1) is 19.1. The van der Waals surface area contributed by atoms with Crippen molar-refractivity contribution in [2.24, 2.45) is 5.41 Å². The number of hydrogen-bond donors (Lipinski definition) is 2. The lowest BCUT2D eigenvalue weighted by molar-refractivity contribution is -0.181. The van der Waals surface area contributed by atoms with Gasteiger partial charge in [0.15, 0.2) is 5.41 Å². The molecule has 0 aliphatic carbocycles. The molecule has 0 aromatic heterocycles. The van der Waals surface area contributed by atoms with Crippen molar-refractivity contribution in [1.29, 1.82) is 0 Å². The van der Waals surface area contributed by atoms with Crippen molar-refractivity contribution >= 4 is 11.9 Å². The van der Waals surface area contributed by atoms with Crippen LogP contribution in [-0.4, -0.2) is 42.8 Å². The molecule has 0 saturated heterocycles. The lowest BCUT2D eigenvalue weighted by atomic mass is 9.88. The van der Waals surface area contributed by atoms with Crippen molar-refractivity contribution in [3.8, 4) is 0 Å². The first-order chi connectivity index (χ1) is 10.7. The maximum absolute atomic E-state index is 12.4. The van der Waals surface area contributed by atoms with Gasteiger partial charge in [0.1, 0.15) is 5.60 Å². The molecular weight excluding hydrogens is 298 g/mol. The molecule has 0 unspecified atom stereocenters. The molecule has 0 amide bonds. The number of aliphatic carboxylic acids is 1. The molecule has 0 bridgehead atoms. The highest BCUT2D eigenvalue weighted by molar-refractivity contribution is 5.99. The van der Waals surface area contributed by atoms with Crippen molar-refractivity contribution in [2.45, 2.75) is 33.0 Å². The number of nitrogens with one attached hydrogen (secondary N) is 1. The summed E-state index contributed by atoms with van der Waals surface area (Å²) in [7, 11) is 1.58. The van der Waals surface area contributed by atoms with Crippen LogP contribution < -0.4 is 5.32 Å². The van der Waals surface area contributed by atoms with Gasteiger partial charge in [-0.25, -0.2) is 0 Å². The Hall–Kier alpha value is -1.92. The monoisotopic (exact) mass is 323 g/mol. The molecule has 1 aromatic rings. The minimum atomic E-state index is -1.78. The van der Waals surface area contributed by atoms with Gasteiger partial charge in [-0.3, -0.25) is 9.59 Å². The normalized spacial score (nSPS) is 14.1. The van der Waals surface area contributed by atoms with Crippen LogP contribution in [0.3, 0.4) is 0 Å². The van der Waals surface area contributed by atoms with E-state index in [4.69, 9.17) is 9.47 Å². The van der Waals surface area contributed by atoms with E-state index < -0.39 is 23.0 Å².